The fraction of sp³-hybridized carbons (Fsp3) is 0.467. The molecule has 0 fully saturated rings. The number of para-hydroxylation sites is 1. The molecule has 1 aromatic carbocycles. The highest BCUT2D eigenvalue weighted by Gasteiger charge is 2.33. The van der Waals surface area contributed by atoms with E-state index in [0.29, 0.717) is 25.7 Å². The van der Waals surface area contributed by atoms with E-state index in [1.807, 2.05) is 13.8 Å². The van der Waals surface area contributed by atoms with Crippen LogP contribution in [0.3, 0.4) is 0 Å². The summed E-state index contributed by atoms with van der Waals surface area (Å²) in [6, 6.07) is 6.30. The molecule has 1 amide bonds. The van der Waals surface area contributed by atoms with Crippen LogP contribution in [0.2, 0.25) is 5.02 Å². The molecule has 0 saturated carbocycles. The largest absolute Gasteiger partial charge is 0.333 e. The van der Waals surface area contributed by atoms with Crippen LogP contribution in [0.25, 0.3) is 0 Å². The number of rotatable bonds is 7. The molecule has 7 heteroatoms. The van der Waals surface area contributed by atoms with Crippen LogP contribution >= 0.6 is 11.6 Å². The zero-order valence-corrected chi connectivity index (χ0v) is 13.3. The standard InChI is InChI=1S/C15H18ClN3O3/c1-3-8-15(10-17,9-4-2)18-14(20)11-6-5-7-12(16)13(11)19(21)22/h5-7H,3-4,8-9H2,1-2H3,(H,18,20). The first-order chi connectivity index (χ1) is 10.4. The summed E-state index contributed by atoms with van der Waals surface area (Å²) in [6.07, 6.45) is 2.39. The second-order valence-corrected chi connectivity index (χ2v) is 5.45. The third-order valence-corrected chi connectivity index (χ3v) is 3.64. The van der Waals surface area contributed by atoms with Crippen molar-refractivity contribution >= 4 is 23.2 Å². The highest BCUT2D eigenvalue weighted by atomic mass is 35.5. The summed E-state index contributed by atoms with van der Waals surface area (Å²) in [5, 5.41) is 23.1. The Morgan fingerprint density at radius 3 is 2.45 bits per heavy atom. The third kappa shape index (κ3) is 3.95. The fourth-order valence-corrected chi connectivity index (χ4v) is 2.66. The van der Waals surface area contributed by atoms with Crippen molar-refractivity contribution in [1.82, 2.24) is 5.32 Å². The van der Waals surface area contributed by atoms with Crippen molar-refractivity contribution in [3.8, 4) is 6.07 Å². The first-order valence-electron chi connectivity index (χ1n) is 7.07. The lowest BCUT2D eigenvalue weighted by atomic mass is 9.89. The van der Waals surface area contributed by atoms with Gasteiger partial charge in [-0.1, -0.05) is 44.4 Å². The number of benzene rings is 1. The minimum absolute atomic E-state index is 0.105. The van der Waals surface area contributed by atoms with Crippen molar-refractivity contribution in [2.24, 2.45) is 0 Å². The minimum atomic E-state index is -1.02. The number of nitrogens with one attached hydrogen (secondary N) is 1. The lowest BCUT2D eigenvalue weighted by molar-refractivity contribution is -0.385. The summed E-state index contributed by atoms with van der Waals surface area (Å²) in [5.41, 5.74) is -1.60. The molecule has 0 spiro atoms. The van der Waals surface area contributed by atoms with Gasteiger partial charge in [0.25, 0.3) is 5.91 Å². The molecule has 1 N–H and O–H groups in total. The van der Waals surface area contributed by atoms with Crippen LogP contribution in [-0.4, -0.2) is 16.4 Å². The van der Waals surface area contributed by atoms with Crippen LogP contribution in [0.4, 0.5) is 5.69 Å². The van der Waals surface area contributed by atoms with Crippen LogP contribution in [0.15, 0.2) is 18.2 Å². The number of nitro benzene ring substituents is 1. The van der Waals surface area contributed by atoms with E-state index < -0.39 is 22.1 Å². The Balaban J connectivity index is 3.19. The maximum atomic E-state index is 12.4. The lowest BCUT2D eigenvalue weighted by Crippen LogP contribution is -2.47. The number of carbonyl (C=O) groups is 1. The first-order valence-corrected chi connectivity index (χ1v) is 7.45. The highest BCUT2D eigenvalue weighted by molar-refractivity contribution is 6.33. The van der Waals surface area contributed by atoms with Gasteiger partial charge in [-0.2, -0.15) is 5.26 Å². The zero-order chi connectivity index (χ0) is 16.8. The van der Waals surface area contributed by atoms with E-state index in [2.05, 4.69) is 11.4 Å². The molecule has 0 aliphatic carbocycles. The molecule has 0 aromatic heterocycles. The molecular weight excluding hydrogens is 306 g/mol. The second-order valence-electron chi connectivity index (χ2n) is 5.04. The molecule has 0 bridgehead atoms. The van der Waals surface area contributed by atoms with Gasteiger partial charge in [0.2, 0.25) is 0 Å². The molecule has 1 aromatic rings. The van der Waals surface area contributed by atoms with Gasteiger partial charge in [-0.25, -0.2) is 0 Å². The molecule has 1 rings (SSSR count). The molecule has 0 aliphatic rings. The van der Waals surface area contributed by atoms with Gasteiger partial charge in [-0.15, -0.1) is 0 Å². The van der Waals surface area contributed by atoms with E-state index in [9.17, 15) is 20.2 Å². The molecular formula is C15H18ClN3O3. The van der Waals surface area contributed by atoms with Gasteiger partial charge >= 0.3 is 5.69 Å². The number of halogens is 1. The molecule has 0 saturated heterocycles. The first kappa shape index (κ1) is 17.9. The van der Waals surface area contributed by atoms with E-state index in [1.165, 1.54) is 18.2 Å². The zero-order valence-electron chi connectivity index (χ0n) is 12.6. The van der Waals surface area contributed by atoms with Crippen LogP contribution in [0, 0.1) is 21.4 Å². The van der Waals surface area contributed by atoms with E-state index in [-0.39, 0.29) is 10.6 Å². The van der Waals surface area contributed by atoms with Gasteiger partial charge in [-0.3, -0.25) is 14.9 Å². The summed E-state index contributed by atoms with van der Waals surface area (Å²) in [7, 11) is 0. The van der Waals surface area contributed by atoms with Gasteiger partial charge in [0.05, 0.1) is 11.0 Å². The number of carbonyl (C=O) groups excluding carboxylic acids is 1. The predicted octanol–water partition coefficient (Wildman–Crippen LogP) is 3.84. The van der Waals surface area contributed by atoms with E-state index in [0.717, 1.165) is 0 Å². The number of nitrogens with zero attached hydrogens (tertiary/aromatic N) is 2. The Morgan fingerprint density at radius 1 is 1.41 bits per heavy atom. The number of hydrogen-bond acceptors (Lipinski definition) is 4. The van der Waals surface area contributed by atoms with Crippen LogP contribution in [0.5, 0.6) is 0 Å². The molecule has 0 aliphatic heterocycles. The normalized spacial score (nSPS) is 10.8. The van der Waals surface area contributed by atoms with Crippen molar-refractivity contribution in [3.05, 3.63) is 38.9 Å². The summed E-state index contributed by atoms with van der Waals surface area (Å²) in [4.78, 5) is 22.8. The van der Waals surface area contributed by atoms with Gasteiger partial charge in [0, 0.05) is 0 Å². The fourth-order valence-electron chi connectivity index (χ4n) is 2.41. The summed E-state index contributed by atoms with van der Waals surface area (Å²) in [6.45, 7) is 3.82. The summed E-state index contributed by atoms with van der Waals surface area (Å²) in [5.74, 6) is -0.655. The van der Waals surface area contributed by atoms with Crippen LogP contribution in [0.1, 0.15) is 49.9 Å². The Bertz CT molecular complexity index is 605. The molecule has 22 heavy (non-hydrogen) atoms. The minimum Gasteiger partial charge on any atom is -0.333 e. The van der Waals surface area contributed by atoms with E-state index >= 15 is 0 Å². The van der Waals surface area contributed by atoms with Crippen molar-refractivity contribution in [2.75, 3.05) is 0 Å². The van der Waals surface area contributed by atoms with Gasteiger partial charge in [0.15, 0.2) is 0 Å². The Hall–Kier alpha value is -2.13. The number of hydrogen-bond donors (Lipinski definition) is 1. The van der Waals surface area contributed by atoms with Crippen LogP contribution < -0.4 is 5.32 Å². The van der Waals surface area contributed by atoms with Crippen molar-refractivity contribution < 1.29 is 9.72 Å². The van der Waals surface area contributed by atoms with Gasteiger partial charge in [0.1, 0.15) is 16.1 Å². The van der Waals surface area contributed by atoms with E-state index in [4.69, 9.17) is 11.6 Å². The SMILES string of the molecule is CCCC(C#N)(CCC)NC(=O)c1cccc(Cl)c1[N+](=O)[O-]. The van der Waals surface area contributed by atoms with Gasteiger partial charge in [-0.05, 0) is 25.0 Å². The van der Waals surface area contributed by atoms with Gasteiger partial charge < -0.3 is 5.32 Å². The topological polar surface area (TPSA) is 96.0 Å². The maximum absolute atomic E-state index is 12.4. The number of nitro groups is 1. The average molecular weight is 324 g/mol. The smallest absolute Gasteiger partial charge is 0.300 e. The Labute approximate surface area is 134 Å². The Kier molecular flexibility index (Phi) is 6.32. The monoisotopic (exact) mass is 323 g/mol. The quantitative estimate of drug-likeness (QED) is 0.609. The van der Waals surface area contributed by atoms with Crippen molar-refractivity contribution in [2.45, 2.75) is 45.1 Å². The number of amides is 1. The highest BCUT2D eigenvalue weighted by Crippen LogP contribution is 2.29. The van der Waals surface area contributed by atoms with Crippen molar-refractivity contribution in [3.63, 3.8) is 0 Å². The number of nitriles is 1. The molecule has 6 nitrogen and oxygen atoms in total. The van der Waals surface area contributed by atoms with Crippen LogP contribution in [-0.2, 0) is 0 Å². The molecule has 0 radical (unpaired) electrons. The predicted molar refractivity (Wildman–Crippen MR) is 83.7 cm³/mol. The summed E-state index contributed by atoms with van der Waals surface area (Å²) < 4.78 is 0. The maximum Gasteiger partial charge on any atom is 0.300 e. The average Bonchev–Trinajstić information content (AvgIpc) is 2.46. The molecule has 0 unspecified atom stereocenters. The molecule has 118 valence electrons. The third-order valence-electron chi connectivity index (χ3n) is 3.33. The molecule has 0 heterocycles. The van der Waals surface area contributed by atoms with Crippen molar-refractivity contribution in [1.29, 1.82) is 5.26 Å². The summed E-state index contributed by atoms with van der Waals surface area (Å²) >= 11 is 5.81. The Morgan fingerprint density at radius 2 is 2.00 bits per heavy atom. The lowest BCUT2D eigenvalue weighted by Gasteiger charge is -2.27. The second kappa shape index (κ2) is 7.76. The molecule has 0 atom stereocenters. The van der Waals surface area contributed by atoms with E-state index in [1.54, 1.807) is 0 Å².